The van der Waals surface area contributed by atoms with Gasteiger partial charge in [0, 0.05) is 19.3 Å². The molecule has 0 radical (unpaired) electrons. The number of hydrogen-bond acceptors (Lipinski definition) is 6. The zero-order chi connectivity index (χ0) is 47.9. The highest BCUT2D eigenvalue weighted by atomic mass is 16.6. The molecule has 0 aromatic carbocycles. The smallest absolute Gasteiger partial charge is 0.306 e. The van der Waals surface area contributed by atoms with Crippen molar-refractivity contribution in [3.63, 3.8) is 0 Å². The average Bonchev–Trinajstić information content (AvgIpc) is 3.31. The van der Waals surface area contributed by atoms with Gasteiger partial charge in [-0.05, 0) is 83.5 Å². The maximum Gasteiger partial charge on any atom is 0.306 e. The largest absolute Gasteiger partial charge is 0.462 e. The molecule has 0 amide bonds. The van der Waals surface area contributed by atoms with Crippen LogP contribution in [0.2, 0.25) is 0 Å². The first-order valence-electron chi connectivity index (χ1n) is 27.9. The number of hydrogen-bond donors (Lipinski definition) is 0. The van der Waals surface area contributed by atoms with Gasteiger partial charge in [-0.15, -0.1) is 0 Å². The van der Waals surface area contributed by atoms with E-state index in [0.29, 0.717) is 19.3 Å². The van der Waals surface area contributed by atoms with Crippen molar-refractivity contribution in [1.82, 2.24) is 0 Å². The fraction of sp³-hybridized carbons (Fsp3) is 0.750. The molecule has 0 spiro atoms. The summed E-state index contributed by atoms with van der Waals surface area (Å²) in [6.07, 6.45) is 68.9. The van der Waals surface area contributed by atoms with Crippen LogP contribution in [-0.2, 0) is 28.6 Å². The van der Waals surface area contributed by atoms with Crippen molar-refractivity contribution in [2.45, 2.75) is 277 Å². The van der Waals surface area contributed by atoms with Crippen molar-refractivity contribution < 1.29 is 28.6 Å². The lowest BCUT2D eigenvalue weighted by atomic mass is 10.0. The van der Waals surface area contributed by atoms with E-state index in [2.05, 4.69) is 93.7 Å². The first-order chi connectivity index (χ1) is 32.5. The summed E-state index contributed by atoms with van der Waals surface area (Å²) in [4.78, 5) is 38.1. The van der Waals surface area contributed by atoms with Gasteiger partial charge >= 0.3 is 17.9 Å². The Morgan fingerprint density at radius 1 is 0.318 bits per heavy atom. The molecule has 6 nitrogen and oxygen atoms in total. The molecule has 0 rings (SSSR count). The third-order valence-electron chi connectivity index (χ3n) is 11.9. The average molecular weight is 921 g/mol. The van der Waals surface area contributed by atoms with Crippen LogP contribution in [0.3, 0.4) is 0 Å². The fourth-order valence-corrected chi connectivity index (χ4v) is 7.77. The van der Waals surface area contributed by atoms with Gasteiger partial charge in [0.25, 0.3) is 0 Å². The highest BCUT2D eigenvalue weighted by molar-refractivity contribution is 5.71. The quantitative estimate of drug-likeness (QED) is 0.0262. The Kier molecular flexibility index (Phi) is 51.9. The Balaban J connectivity index is 4.46. The number of carbonyl (C=O) groups excluding carboxylic acids is 3. The lowest BCUT2D eigenvalue weighted by molar-refractivity contribution is -0.167. The van der Waals surface area contributed by atoms with E-state index in [1.165, 1.54) is 141 Å². The van der Waals surface area contributed by atoms with E-state index in [0.717, 1.165) is 83.5 Å². The van der Waals surface area contributed by atoms with E-state index in [-0.39, 0.29) is 37.5 Å². The van der Waals surface area contributed by atoms with Crippen LogP contribution in [0.5, 0.6) is 0 Å². The molecule has 66 heavy (non-hydrogen) atoms. The minimum absolute atomic E-state index is 0.0954. The molecule has 0 saturated carbocycles. The van der Waals surface area contributed by atoms with E-state index >= 15 is 0 Å². The molecular formula is C60H104O6. The summed E-state index contributed by atoms with van der Waals surface area (Å²) in [6.45, 7) is 6.48. The molecule has 0 N–H and O–H groups in total. The van der Waals surface area contributed by atoms with Crippen LogP contribution in [0.1, 0.15) is 271 Å². The van der Waals surface area contributed by atoms with Crippen molar-refractivity contribution in [2.75, 3.05) is 13.2 Å². The van der Waals surface area contributed by atoms with Crippen molar-refractivity contribution in [2.24, 2.45) is 0 Å². The summed E-state index contributed by atoms with van der Waals surface area (Å²) < 4.78 is 16.8. The molecule has 0 heterocycles. The third-order valence-corrected chi connectivity index (χ3v) is 11.9. The SMILES string of the molecule is CC/C=C\C/C=C\C/C=C\C/C=C\C/C=C\CCCC(=O)OC[C@@H](COC(=O)CCCCCCC/C=C\CCCCCCC)OC(=O)CCCCCCCCCCCCCCCCCCC. The molecule has 0 aliphatic heterocycles. The second-order valence-corrected chi connectivity index (χ2v) is 18.5. The van der Waals surface area contributed by atoms with Gasteiger partial charge in [-0.2, -0.15) is 0 Å². The van der Waals surface area contributed by atoms with Crippen LogP contribution >= 0.6 is 0 Å². The third kappa shape index (κ3) is 51.8. The predicted octanol–water partition coefficient (Wildman–Crippen LogP) is 18.6. The number of carbonyl (C=O) groups is 3. The lowest BCUT2D eigenvalue weighted by Crippen LogP contribution is -2.30. The Hall–Kier alpha value is -3.15. The van der Waals surface area contributed by atoms with Gasteiger partial charge < -0.3 is 14.2 Å². The zero-order valence-corrected chi connectivity index (χ0v) is 43.4. The summed E-state index contributed by atoms with van der Waals surface area (Å²) in [7, 11) is 0. The van der Waals surface area contributed by atoms with Crippen LogP contribution in [0.4, 0.5) is 0 Å². The lowest BCUT2D eigenvalue weighted by Gasteiger charge is -2.18. The number of ether oxygens (including phenoxy) is 3. The van der Waals surface area contributed by atoms with E-state index in [4.69, 9.17) is 14.2 Å². The Bertz CT molecular complexity index is 1240. The maximum absolute atomic E-state index is 12.8. The van der Waals surface area contributed by atoms with Gasteiger partial charge in [0.2, 0.25) is 0 Å². The topological polar surface area (TPSA) is 78.9 Å². The van der Waals surface area contributed by atoms with E-state index in [1.807, 2.05) is 0 Å². The highest BCUT2D eigenvalue weighted by Crippen LogP contribution is 2.16. The fourth-order valence-electron chi connectivity index (χ4n) is 7.77. The van der Waals surface area contributed by atoms with Gasteiger partial charge in [0.15, 0.2) is 6.10 Å². The minimum atomic E-state index is -0.799. The van der Waals surface area contributed by atoms with E-state index in [1.54, 1.807) is 0 Å². The second-order valence-electron chi connectivity index (χ2n) is 18.5. The molecule has 380 valence electrons. The molecule has 0 aliphatic rings. The number of esters is 3. The van der Waals surface area contributed by atoms with Crippen LogP contribution < -0.4 is 0 Å². The first-order valence-corrected chi connectivity index (χ1v) is 27.9. The van der Waals surface area contributed by atoms with Gasteiger partial charge in [-0.25, -0.2) is 0 Å². The molecule has 1 atom stereocenters. The Labute approximate surface area is 408 Å². The highest BCUT2D eigenvalue weighted by Gasteiger charge is 2.19. The van der Waals surface area contributed by atoms with Crippen LogP contribution in [0.25, 0.3) is 0 Å². The summed E-state index contributed by atoms with van der Waals surface area (Å²) in [6, 6.07) is 0. The standard InChI is InChI=1S/C60H104O6/c1-4-7-10-13-16-19-22-25-28-30-32-35-38-41-44-47-50-53-59(62)65-56-57(55-64-58(61)52-49-46-43-40-37-34-27-24-21-18-15-12-9-6-3)66-60(63)54-51-48-45-42-39-36-33-31-29-26-23-20-17-14-11-8-5-2/h7,10,16,19,24-25,27-28,32,35,41,44,57H,4-6,8-9,11-15,17-18,20-23,26,29-31,33-34,36-40,42-43,45-56H2,1-3H3/b10-7-,19-16-,27-24-,28-25-,35-32-,44-41-/t57-/m1/s1. The van der Waals surface area contributed by atoms with Crippen LogP contribution in [0, 0.1) is 0 Å². The molecular weight excluding hydrogens is 817 g/mol. The van der Waals surface area contributed by atoms with Gasteiger partial charge in [0.05, 0.1) is 0 Å². The second kappa shape index (κ2) is 54.5. The van der Waals surface area contributed by atoms with Crippen molar-refractivity contribution in [3.8, 4) is 0 Å². The molecule has 0 saturated heterocycles. The molecule has 0 aromatic heterocycles. The number of allylic oxidation sites excluding steroid dienone is 12. The van der Waals surface area contributed by atoms with E-state index < -0.39 is 6.10 Å². The maximum atomic E-state index is 12.8. The monoisotopic (exact) mass is 921 g/mol. The predicted molar refractivity (Wildman–Crippen MR) is 284 cm³/mol. The molecule has 0 aromatic rings. The molecule has 6 heteroatoms. The Morgan fingerprint density at radius 2 is 0.606 bits per heavy atom. The molecule has 0 fully saturated rings. The zero-order valence-electron chi connectivity index (χ0n) is 43.4. The summed E-state index contributed by atoms with van der Waals surface area (Å²) in [5.74, 6) is -0.955. The molecule has 0 unspecified atom stereocenters. The first kappa shape index (κ1) is 62.8. The van der Waals surface area contributed by atoms with E-state index in [9.17, 15) is 14.4 Å². The molecule has 0 bridgehead atoms. The number of rotatable bonds is 50. The summed E-state index contributed by atoms with van der Waals surface area (Å²) >= 11 is 0. The van der Waals surface area contributed by atoms with Crippen LogP contribution in [0.15, 0.2) is 72.9 Å². The van der Waals surface area contributed by atoms with Gasteiger partial charge in [0.1, 0.15) is 13.2 Å². The van der Waals surface area contributed by atoms with Crippen molar-refractivity contribution in [1.29, 1.82) is 0 Å². The van der Waals surface area contributed by atoms with Crippen molar-refractivity contribution in [3.05, 3.63) is 72.9 Å². The summed E-state index contributed by atoms with van der Waals surface area (Å²) in [5, 5.41) is 0. The minimum Gasteiger partial charge on any atom is -0.462 e. The van der Waals surface area contributed by atoms with Gasteiger partial charge in [-0.3, -0.25) is 14.4 Å². The molecule has 0 aliphatic carbocycles. The van der Waals surface area contributed by atoms with Crippen LogP contribution in [-0.4, -0.2) is 37.2 Å². The van der Waals surface area contributed by atoms with Gasteiger partial charge in [-0.1, -0.05) is 241 Å². The van der Waals surface area contributed by atoms with Crippen molar-refractivity contribution >= 4 is 17.9 Å². The Morgan fingerprint density at radius 3 is 1.00 bits per heavy atom. The summed E-state index contributed by atoms with van der Waals surface area (Å²) in [5.41, 5.74) is 0. The normalized spacial score (nSPS) is 12.6. The number of unbranched alkanes of at least 4 members (excludes halogenated alkanes) is 27.